The number of hydrogen-bond donors (Lipinski definition) is 0. The zero-order chi connectivity index (χ0) is 25.9. The van der Waals surface area contributed by atoms with E-state index in [1.807, 2.05) is 18.4 Å². The van der Waals surface area contributed by atoms with Crippen LogP contribution >= 0.6 is 11.8 Å². The lowest BCUT2D eigenvalue weighted by Gasteiger charge is -2.30. The number of hydrogen-bond acceptors (Lipinski definition) is 5. The molecule has 2 heterocycles. The van der Waals surface area contributed by atoms with Gasteiger partial charge >= 0.3 is 0 Å². The van der Waals surface area contributed by atoms with Crippen molar-refractivity contribution in [3.05, 3.63) is 53.3 Å². The van der Waals surface area contributed by atoms with E-state index in [0.717, 1.165) is 36.2 Å². The molecule has 3 aromatic rings. The number of imidazole rings is 1. The first-order chi connectivity index (χ1) is 17.2. The highest BCUT2D eigenvalue weighted by Crippen LogP contribution is 2.31. The summed E-state index contributed by atoms with van der Waals surface area (Å²) >= 11 is 1.14. The molecule has 0 amide bonds. The average Bonchev–Trinajstić information content (AvgIpc) is 3.19. The van der Waals surface area contributed by atoms with E-state index >= 15 is 0 Å². The third-order valence-corrected chi connectivity index (χ3v) is 9.13. The minimum absolute atomic E-state index is 0.0356. The molecule has 0 radical (unpaired) electrons. The number of halogens is 3. The summed E-state index contributed by atoms with van der Waals surface area (Å²) in [5.74, 6) is -2.91. The van der Waals surface area contributed by atoms with Gasteiger partial charge in [-0.2, -0.15) is 4.31 Å². The number of nitrogens with zero attached hydrogens (tertiary/aromatic N) is 3. The van der Waals surface area contributed by atoms with E-state index in [1.54, 1.807) is 18.2 Å². The van der Waals surface area contributed by atoms with Crippen LogP contribution in [0.1, 0.15) is 38.7 Å². The summed E-state index contributed by atoms with van der Waals surface area (Å²) in [7, 11) is -3.66. The van der Waals surface area contributed by atoms with E-state index in [4.69, 9.17) is 4.74 Å². The molecule has 196 valence electrons. The summed E-state index contributed by atoms with van der Waals surface area (Å²) in [6.45, 7) is 6.60. The summed E-state index contributed by atoms with van der Waals surface area (Å²) in [6, 6.07) is 6.37. The van der Waals surface area contributed by atoms with Crippen molar-refractivity contribution in [1.82, 2.24) is 13.9 Å². The summed E-state index contributed by atoms with van der Waals surface area (Å²) in [5, 5.41) is 0.506. The van der Waals surface area contributed by atoms with Gasteiger partial charge in [0.05, 0.1) is 15.9 Å². The molecule has 4 rings (SSSR count). The number of ether oxygens (including phenoxy) is 1. The topological polar surface area (TPSA) is 64.4 Å². The fourth-order valence-corrected chi connectivity index (χ4v) is 7.04. The van der Waals surface area contributed by atoms with E-state index in [2.05, 4.69) is 4.98 Å². The second-order valence-corrected chi connectivity index (χ2v) is 11.9. The fraction of sp³-hybridized carbons (Fsp3) is 0.480. The second-order valence-electron chi connectivity index (χ2n) is 9.01. The van der Waals surface area contributed by atoms with E-state index in [9.17, 15) is 21.6 Å². The minimum atomic E-state index is -3.66. The van der Waals surface area contributed by atoms with Gasteiger partial charge in [0.2, 0.25) is 10.0 Å². The standard InChI is InChI=1S/C25H30F3N3O3S2/c1-3-34-11-5-10-31-23-8-7-20(36(32,33)30-9-4-6-17(2)15-30)14-22(23)29-25(31)35-16-18-12-19(26)13-21(27)24(18)28/h7-8,12-14,17H,3-6,9-11,15-16H2,1-2H3/t17-/m1/s1. The van der Waals surface area contributed by atoms with Crippen molar-refractivity contribution in [3.63, 3.8) is 0 Å². The van der Waals surface area contributed by atoms with E-state index in [1.165, 1.54) is 4.31 Å². The highest BCUT2D eigenvalue weighted by Gasteiger charge is 2.29. The monoisotopic (exact) mass is 541 g/mol. The first-order valence-corrected chi connectivity index (χ1v) is 14.5. The molecular formula is C25H30F3N3O3S2. The van der Waals surface area contributed by atoms with Gasteiger partial charge in [-0.05, 0) is 56.4 Å². The number of rotatable bonds is 10. The number of thioether (sulfide) groups is 1. The van der Waals surface area contributed by atoms with Crippen LogP contribution in [0.15, 0.2) is 40.4 Å². The molecule has 6 nitrogen and oxygen atoms in total. The Labute approximate surface area is 213 Å². The Bertz CT molecular complexity index is 1330. The van der Waals surface area contributed by atoms with Gasteiger partial charge in [0.15, 0.2) is 16.8 Å². The Morgan fingerprint density at radius 2 is 2.00 bits per heavy atom. The number of aryl methyl sites for hydroxylation is 1. The largest absolute Gasteiger partial charge is 0.382 e. The molecular weight excluding hydrogens is 511 g/mol. The lowest BCUT2D eigenvalue weighted by molar-refractivity contribution is 0.141. The molecule has 1 atom stereocenters. The van der Waals surface area contributed by atoms with Gasteiger partial charge in [-0.3, -0.25) is 0 Å². The van der Waals surface area contributed by atoms with Gasteiger partial charge < -0.3 is 9.30 Å². The fourth-order valence-electron chi connectivity index (χ4n) is 4.41. The van der Waals surface area contributed by atoms with Gasteiger partial charge in [0, 0.05) is 50.2 Å². The van der Waals surface area contributed by atoms with Crippen LogP contribution in [0.3, 0.4) is 0 Å². The van der Waals surface area contributed by atoms with E-state index in [-0.39, 0.29) is 16.2 Å². The SMILES string of the molecule is CCOCCCn1c(SCc2cc(F)cc(F)c2F)nc2cc(S(=O)(=O)N3CCC[C@@H](C)C3)ccc21. The zero-order valence-electron chi connectivity index (χ0n) is 20.3. The van der Waals surface area contributed by atoms with E-state index < -0.39 is 27.5 Å². The van der Waals surface area contributed by atoms with Crippen LogP contribution in [0.25, 0.3) is 11.0 Å². The van der Waals surface area contributed by atoms with Crippen LogP contribution in [-0.4, -0.2) is 48.6 Å². The molecule has 36 heavy (non-hydrogen) atoms. The highest BCUT2D eigenvalue weighted by molar-refractivity contribution is 7.98. The van der Waals surface area contributed by atoms with E-state index in [0.29, 0.717) is 61.9 Å². The number of sulfonamides is 1. The molecule has 1 fully saturated rings. The molecule has 0 saturated carbocycles. The normalized spacial score (nSPS) is 17.2. The van der Waals surface area contributed by atoms with Gasteiger partial charge in [-0.1, -0.05) is 18.7 Å². The maximum Gasteiger partial charge on any atom is 0.243 e. The first kappa shape index (κ1) is 27.0. The lowest BCUT2D eigenvalue weighted by Crippen LogP contribution is -2.39. The van der Waals surface area contributed by atoms with Crippen LogP contribution in [0, 0.1) is 23.4 Å². The van der Waals surface area contributed by atoms with Gasteiger partial charge in [-0.15, -0.1) is 0 Å². The maximum absolute atomic E-state index is 14.2. The average molecular weight is 542 g/mol. The first-order valence-electron chi connectivity index (χ1n) is 12.0. The molecule has 0 spiro atoms. The van der Waals surface area contributed by atoms with Crippen molar-refractivity contribution in [2.45, 2.75) is 55.5 Å². The summed E-state index contributed by atoms with van der Waals surface area (Å²) in [6.07, 6.45) is 2.52. The third kappa shape index (κ3) is 5.90. The predicted octanol–water partition coefficient (Wildman–Crippen LogP) is 5.59. The van der Waals surface area contributed by atoms with Gasteiger partial charge in [-0.25, -0.2) is 26.6 Å². The molecule has 11 heteroatoms. The third-order valence-electron chi connectivity index (χ3n) is 6.24. The van der Waals surface area contributed by atoms with Crippen LogP contribution in [0.4, 0.5) is 13.2 Å². The highest BCUT2D eigenvalue weighted by atomic mass is 32.2. The van der Waals surface area contributed by atoms with Gasteiger partial charge in [0.25, 0.3) is 0 Å². The molecule has 0 N–H and O–H groups in total. The van der Waals surface area contributed by atoms with Gasteiger partial charge in [0.1, 0.15) is 5.82 Å². The molecule has 0 aliphatic carbocycles. The zero-order valence-corrected chi connectivity index (χ0v) is 22.0. The van der Waals surface area contributed by atoms with Crippen LogP contribution in [0.2, 0.25) is 0 Å². The summed E-state index contributed by atoms with van der Waals surface area (Å²) in [5.41, 5.74) is 1.12. The van der Waals surface area contributed by atoms with Crippen molar-refractivity contribution < 1.29 is 26.3 Å². The smallest absolute Gasteiger partial charge is 0.243 e. The van der Waals surface area contributed by atoms with Crippen molar-refractivity contribution in [1.29, 1.82) is 0 Å². The van der Waals surface area contributed by atoms with Crippen molar-refractivity contribution in [2.75, 3.05) is 26.3 Å². The van der Waals surface area contributed by atoms with Crippen LogP contribution in [0.5, 0.6) is 0 Å². The molecule has 1 aliphatic heterocycles. The Balaban J connectivity index is 1.65. The van der Waals surface area contributed by atoms with Crippen molar-refractivity contribution in [3.8, 4) is 0 Å². The van der Waals surface area contributed by atoms with Crippen LogP contribution in [-0.2, 0) is 27.1 Å². The Kier molecular flexibility index (Phi) is 8.64. The molecule has 0 bridgehead atoms. The molecule has 0 unspecified atom stereocenters. The Morgan fingerprint density at radius 3 is 2.75 bits per heavy atom. The quantitative estimate of drug-likeness (QED) is 0.190. The number of piperidine rings is 1. The molecule has 1 aliphatic rings. The number of aromatic nitrogens is 2. The predicted molar refractivity (Wildman–Crippen MR) is 134 cm³/mol. The summed E-state index contributed by atoms with van der Waals surface area (Å²) in [4.78, 5) is 4.81. The molecule has 1 saturated heterocycles. The number of benzene rings is 2. The second kappa shape index (κ2) is 11.5. The summed E-state index contributed by atoms with van der Waals surface area (Å²) < 4.78 is 76.9. The molecule has 1 aromatic heterocycles. The Hall–Kier alpha value is -2.08. The lowest BCUT2D eigenvalue weighted by atomic mass is 10.0. The van der Waals surface area contributed by atoms with Crippen molar-refractivity contribution >= 4 is 32.8 Å². The van der Waals surface area contributed by atoms with Crippen LogP contribution < -0.4 is 0 Å². The Morgan fingerprint density at radius 1 is 1.19 bits per heavy atom. The van der Waals surface area contributed by atoms with Crippen molar-refractivity contribution in [2.24, 2.45) is 5.92 Å². The minimum Gasteiger partial charge on any atom is -0.382 e. The number of fused-ring (bicyclic) bond motifs is 1. The molecule has 2 aromatic carbocycles. The maximum atomic E-state index is 14.2.